The number of esters is 1. The molecule has 2 aliphatic heterocycles. The van der Waals surface area contributed by atoms with E-state index >= 15 is 0 Å². The summed E-state index contributed by atoms with van der Waals surface area (Å²) in [5.74, 6) is 0.331. The number of rotatable bonds is 11. The molecule has 332 valence electrons. The van der Waals surface area contributed by atoms with Gasteiger partial charge in [0.2, 0.25) is 0 Å². The molecule has 0 aromatic heterocycles. The van der Waals surface area contributed by atoms with Crippen LogP contribution in [0.15, 0.2) is 11.6 Å². The van der Waals surface area contributed by atoms with Crippen LogP contribution in [0.2, 0.25) is 0 Å². The highest BCUT2D eigenvalue weighted by Crippen LogP contribution is 2.74. The number of allylic oxidation sites excluding steroid dienone is 1. The maximum Gasteiger partial charge on any atom is 0.303 e. The van der Waals surface area contributed by atoms with Gasteiger partial charge < -0.3 is 59.4 Å². The van der Waals surface area contributed by atoms with Gasteiger partial charge in [0, 0.05) is 24.2 Å². The number of aliphatic hydroxyl groups is 7. The van der Waals surface area contributed by atoms with Crippen molar-refractivity contribution in [3.63, 3.8) is 0 Å². The number of carbonyl (C=O) groups excluding carboxylic acids is 2. The molecule has 58 heavy (non-hydrogen) atoms. The predicted octanol–water partition coefficient (Wildman–Crippen LogP) is 2.93. The van der Waals surface area contributed by atoms with Gasteiger partial charge in [-0.2, -0.15) is 0 Å². The molecule has 6 rings (SSSR count). The number of fused-ring (bicyclic) bond motifs is 5. The maximum atomic E-state index is 14.9. The van der Waals surface area contributed by atoms with Gasteiger partial charge in [0.05, 0.1) is 30.5 Å². The van der Waals surface area contributed by atoms with Gasteiger partial charge in [-0.25, -0.2) is 0 Å². The summed E-state index contributed by atoms with van der Waals surface area (Å²) < 4.78 is 29.8. The van der Waals surface area contributed by atoms with E-state index in [0.717, 1.165) is 31.3 Å². The van der Waals surface area contributed by atoms with E-state index in [9.17, 15) is 45.3 Å². The van der Waals surface area contributed by atoms with Gasteiger partial charge in [-0.05, 0) is 100 Å². The molecule has 6 aliphatic rings. The van der Waals surface area contributed by atoms with E-state index in [2.05, 4.69) is 47.6 Å². The van der Waals surface area contributed by atoms with E-state index in [0.29, 0.717) is 37.4 Å². The van der Waals surface area contributed by atoms with Crippen LogP contribution in [0, 0.1) is 45.3 Å². The Balaban J connectivity index is 1.22. The number of carbonyl (C=O) groups is 2. The first kappa shape index (κ1) is 46.0. The average Bonchev–Trinajstić information content (AvgIpc) is 3.41. The summed E-state index contributed by atoms with van der Waals surface area (Å²) in [7, 11) is 0. The van der Waals surface area contributed by atoms with Crippen LogP contribution in [0.4, 0.5) is 0 Å². The van der Waals surface area contributed by atoms with Gasteiger partial charge in [0.15, 0.2) is 18.7 Å². The molecule has 7 N–H and O–H groups in total. The van der Waals surface area contributed by atoms with Gasteiger partial charge in [-0.15, -0.1) is 0 Å². The van der Waals surface area contributed by atoms with Crippen LogP contribution in [0.25, 0.3) is 0 Å². The van der Waals surface area contributed by atoms with Gasteiger partial charge in [0.25, 0.3) is 0 Å². The maximum absolute atomic E-state index is 14.9. The molecule has 14 heteroatoms. The average molecular weight is 825 g/mol. The van der Waals surface area contributed by atoms with Gasteiger partial charge in [-0.3, -0.25) is 9.59 Å². The molecule has 5 fully saturated rings. The molecule has 3 saturated carbocycles. The van der Waals surface area contributed by atoms with Crippen molar-refractivity contribution in [2.75, 3.05) is 6.61 Å². The van der Waals surface area contributed by atoms with E-state index < -0.39 is 103 Å². The topological polar surface area (TPSA) is 222 Å². The van der Waals surface area contributed by atoms with Crippen LogP contribution in [0.5, 0.6) is 0 Å². The minimum Gasteiger partial charge on any atom is -0.457 e. The third kappa shape index (κ3) is 7.56. The van der Waals surface area contributed by atoms with E-state index in [1.54, 1.807) is 20.8 Å². The number of hydrogen-bond donors (Lipinski definition) is 7. The van der Waals surface area contributed by atoms with Crippen LogP contribution >= 0.6 is 0 Å². The van der Waals surface area contributed by atoms with Crippen molar-refractivity contribution in [2.45, 2.75) is 200 Å². The Morgan fingerprint density at radius 2 is 1.57 bits per heavy atom. The summed E-state index contributed by atoms with van der Waals surface area (Å²) >= 11 is 0. The van der Waals surface area contributed by atoms with Crippen molar-refractivity contribution in [1.82, 2.24) is 0 Å². The molecule has 2 saturated heterocycles. The molecule has 2 heterocycles. The summed E-state index contributed by atoms with van der Waals surface area (Å²) in [5.41, 5.74) is -1.53. The molecule has 1 unspecified atom stereocenters. The molecule has 0 bridgehead atoms. The largest absolute Gasteiger partial charge is 0.457 e. The van der Waals surface area contributed by atoms with Crippen LogP contribution < -0.4 is 0 Å². The van der Waals surface area contributed by atoms with Gasteiger partial charge in [-0.1, -0.05) is 53.2 Å². The monoisotopic (exact) mass is 824 g/mol. The second-order valence-corrected chi connectivity index (χ2v) is 20.6. The highest BCUT2D eigenvalue weighted by molar-refractivity contribution is 5.88. The zero-order valence-corrected chi connectivity index (χ0v) is 36.2. The summed E-state index contributed by atoms with van der Waals surface area (Å²) in [6, 6.07) is 0. The fourth-order valence-corrected chi connectivity index (χ4v) is 12.7. The Bertz CT molecular complexity index is 1540. The lowest BCUT2D eigenvalue weighted by molar-refractivity contribution is -0.372. The summed E-state index contributed by atoms with van der Waals surface area (Å²) in [5, 5.41) is 75.1. The Morgan fingerprint density at radius 3 is 2.19 bits per heavy atom. The van der Waals surface area contributed by atoms with E-state index in [-0.39, 0.29) is 28.6 Å². The molecular formula is C44H72O14. The van der Waals surface area contributed by atoms with E-state index in [1.807, 2.05) is 0 Å². The normalized spacial score (nSPS) is 47.6. The molecule has 19 atom stereocenters. The lowest BCUT2D eigenvalue weighted by Crippen LogP contribution is -2.65. The fourth-order valence-electron chi connectivity index (χ4n) is 12.7. The first-order valence-electron chi connectivity index (χ1n) is 21.6. The van der Waals surface area contributed by atoms with Crippen LogP contribution in [0.3, 0.4) is 0 Å². The Kier molecular flexibility index (Phi) is 12.9. The lowest BCUT2D eigenvalue weighted by atomic mass is 9.38. The summed E-state index contributed by atoms with van der Waals surface area (Å²) in [6.07, 6.45) is -7.29. The third-order valence-electron chi connectivity index (χ3n) is 16.5. The smallest absolute Gasteiger partial charge is 0.303 e. The molecule has 0 spiro atoms. The third-order valence-corrected chi connectivity index (χ3v) is 16.5. The molecule has 0 aromatic rings. The first-order valence-corrected chi connectivity index (χ1v) is 21.6. The summed E-state index contributed by atoms with van der Waals surface area (Å²) in [4.78, 5) is 26.5. The van der Waals surface area contributed by atoms with Gasteiger partial charge in [0.1, 0.15) is 42.4 Å². The standard InChI is InChI=1S/C44H72O14/c1-21(11-15-29(47)41(6,7)53)24-17-18-42(8)28-14-12-25-26(44(28,10)30(48)19-43(24,42)9)13-16-31(40(25,4)5)57-39-37(33(50)32(49)27(20-45)56-39)58-38-35(52)34(51)36(22(2)54-38)55-23(3)46/h12,21-22,24,26-29,31-39,45,47,49-53H,11,13-20H2,1-10H3/t21-,22-,24-,26-,27-,28+,29-,31?,32-,33+,34+,35-,36+,37-,38+,39+,42+,43-,44+/m1/s1. The molecule has 0 radical (unpaired) electrons. The highest BCUT2D eigenvalue weighted by atomic mass is 16.8. The van der Waals surface area contributed by atoms with E-state index in [1.165, 1.54) is 6.92 Å². The molecule has 14 nitrogen and oxygen atoms in total. The Morgan fingerprint density at radius 1 is 0.914 bits per heavy atom. The van der Waals surface area contributed by atoms with Crippen molar-refractivity contribution in [3.8, 4) is 0 Å². The zero-order valence-electron chi connectivity index (χ0n) is 36.2. The zero-order chi connectivity index (χ0) is 43.1. The number of ether oxygens (including phenoxy) is 5. The number of ketones is 1. The fraction of sp³-hybridized carbons (Fsp3) is 0.909. The van der Waals surface area contributed by atoms with Crippen molar-refractivity contribution < 1.29 is 69.0 Å². The quantitative estimate of drug-likeness (QED) is 0.118. The molecule has 4 aliphatic carbocycles. The minimum absolute atomic E-state index is 0.0239. The van der Waals surface area contributed by atoms with Crippen molar-refractivity contribution in [3.05, 3.63) is 11.6 Å². The van der Waals surface area contributed by atoms with Crippen LogP contribution in [0.1, 0.15) is 121 Å². The summed E-state index contributed by atoms with van der Waals surface area (Å²) in [6.45, 7) is 18.7. The molecule has 0 aromatic carbocycles. The number of Topliss-reactive ketones (excluding diaryl/α,β-unsaturated/α-hetero) is 1. The Hall–Kier alpha value is -1.56. The lowest BCUT2D eigenvalue weighted by Gasteiger charge is -2.65. The van der Waals surface area contributed by atoms with Crippen LogP contribution in [-0.4, -0.2) is 133 Å². The second kappa shape index (κ2) is 16.3. The van der Waals surface area contributed by atoms with Crippen molar-refractivity contribution >= 4 is 11.8 Å². The minimum atomic E-state index is -1.70. The van der Waals surface area contributed by atoms with Crippen molar-refractivity contribution in [1.29, 1.82) is 0 Å². The van der Waals surface area contributed by atoms with E-state index in [4.69, 9.17) is 23.7 Å². The highest BCUT2D eigenvalue weighted by Gasteiger charge is 2.70. The second-order valence-electron chi connectivity index (χ2n) is 20.6. The first-order chi connectivity index (χ1) is 26.8. The number of aliphatic hydroxyl groups excluding tert-OH is 6. The van der Waals surface area contributed by atoms with Gasteiger partial charge >= 0.3 is 5.97 Å². The molecule has 0 amide bonds. The number of hydrogen-bond acceptors (Lipinski definition) is 14. The van der Waals surface area contributed by atoms with Crippen molar-refractivity contribution in [2.24, 2.45) is 45.3 Å². The molecular weight excluding hydrogens is 752 g/mol. The predicted molar refractivity (Wildman–Crippen MR) is 209 cm³/mol. The van der Waals surface area contributed by atoms with Crippen LogP contribution in [-0.2, 0) is 33.3 Å². The Labute approximate surface area is 343 Å². The SMILES string of the molecule is CC(=O)O[C@@H]1[C@@H](O)[C@@H](O)[C@H](O[C@H]2[C@H](OC3CC[C@@H]4C(=CC[C@@H]5[C@@]4(C)C(=O)C[C@]4(C)[C@@H]([C@H](C)CC[C@@H](O)C(C)(C)O)CC[C@@]54C)C3(C)C)O[C@H](CO)[C@@H](O)[C@@H]2O)O[C@@H]1C.